The Bertz CT molecular complexity index is 548. The lowest BCUT2D eigenvalue weighted by Crippen LogP contribution is -2.04. The third-order valence-electron chi connectivity index (χ3n) is 2.15. The number of benzene rings is 1. The van der Waals surface area contributed by atoms with Crippen molar-refractivity contribution in [2.45, 2.75) is 6.18 Å². The molecule has 0 bridgehead atoms. The summed E-state index contributed by atoms with van der Waals surface area (Å²) < 4.78 is 37.9. The monoisotopic (exact) mass is 305 g/mol. The van der Waals surface area contributed by atoms with Gasteiger partial charge in [-0.05, 0) is 18.2 Å². The van der Waals surface area contributed by atoms with Gasteiger partial charge in [-0.25, -0.2) is 4.98 Å². The number of nitrogens with zero attached hydrogens (tertiary/aromatic N) is 1. The van der Waals surface area contributed by atoms with Crippen molar-refractivity contribution in [2.75, 3.05) is 5.73 Å². The van der Waals surface area contributed by atoms with E-state index >= 15 is 0 Å². The Labute approximate surface area is 103 Å². The zero-order valence-corrected chi connectivity index (χ0v) is 9.93. The zero-order valence-electron chi connectivity index (χ0n) is 8.35. The first-order chi connectivity index (χ1) is 7.88. The maximum absolute atomic E-state index is 12.4. The zero-order chi connectivity index (χ0) is 12.6. The topological polar surface area (TPSA) is 54.7 Å². The van der Waals surface area contributed by atoms with E-state index in [4.69, 9.17) is 5.73 Å². The van der Waals surface area contributed by atoms with Crippen LogP contribution in [0.3, 0.4) is 0 Å². The molecule has 0 saturated carbocycles. The molecule has 0 radical (unpaired) electrons. The average Bonchev–Trinajstić information content (AvgIpc) is 2.65. The molecule has 3 nitrogen and oxygen atoms in total. The van der Waals surface area contributed by atoms with E-state index in [0.29, 0.717) is 11.3 Å². The number of nitrogens with one attached hydrogen (secondary N) is 1. The Morgan fingerprint density at radius 3 is 2.53 bits per heavy atom. The average molecular weight is 306 g/mol. The molecule has 0 amide bonds. The van der Waals surface area contributed by atoms with E-state index in [1.54, 1.807) is 18.2 Å². The molecule has 2 aromatic rings. The highest BCUT2D eigenvalue weighted by molar-refractivity contribution is 9.10. The number of H-pyrrole nitrogens is 1. The van der Waals surface area contributed by atoms with Gasteiger partial charge in [0.25, 0.3) is 0 Å². The van der Waals surface area contributed by atoms with Gasteiger partial charge in [0, 0.05) is 15.7 Å². The van der Waals surface area contributed by atoms with E-state index in [1.165, 1.54) is 0 Å². The molecule has 0 aliphatic rings. The van der Waals surface area contributed by atoms with E-state index in [2.05, 4.69) is 25.9 Å². The van der Waals surface area contributed by atoms with Crippen LogP contribution in [0.25, 0.3) is 11.4 Å². The van der Waals surface area contributed by atoms with Crippen molar-refractivity contribution < 1.29 is 13.2 Å². The molecule has 0 atom stereocenters. The number of aromatic nitrogens is 2. The minimum absolute atomic E-state index is 0.0994. The molecule has 0 unspecified atom stereocenters. The Kier molecular flexibility index (Phi) is 2.86. The first kappa shape index (κ1) is 12.0. The molecular weight excluding hydrogens is 299 g/mol. The fourth-order valence-electron chi connectivity index (χ4n) is 1.35. The Morgan fingerprint density at radius 2 is 2.00 bits per heavy atom. The molecule has 17 heavy (non-hydrogen) atoms. The van der Waals surface area contributed by atoms with Gasteiger partial charge in [-0.3, -0.25) is 0 Å². The summed E-state index contributed by atoms with van der Waals surface area (Å²) in [5.41, 5.74) is 5.59. The van der Waals surface area contributed by atoms with Crippen LogP contribution in [0.2, 0.25) is 0 Å². The fraction of sp³-hybridized carbons (Fsp3) is 0.100. The second-order valence-electron chi connectivity index (χ2n) is 3.37. The van der Waals surface area contributed by atoms with Crippen molar-refractivity contribution >= 4 is 21.6 Å². The molecule has 1 heterocycles. The maximum atomic E-state index is 12.4. The summed E-state index contributed by atoms with van der Waals surface area (Å²) in [5, 5.41) is 0. The van der Waals surface area contributed by atoms with Crippen molar-refractivity contribution in [3.63, 3.8) is 0 Å². The van der Waals surface area contributed by atoms with Crippen LogP contribution in [0.15, 0.2) is 28.9 Å². The van der Waals surface area contributed by atoms with Crippen molar-refractivity contribution in [1.82, 2.24) is 9.97 Å². The van der Waals surface area contributed by atoms with Crippen molar-refractivity contribution in [2.24, 2.45) is 0 Å². The molecule has 0 saturated heterocycles. The van der Waals surface area contributed by atoms with Gasteiger partial charge < -0.3 is 10.7 Å². The minimum Gasteiger partial charge on any atom is -0.398 e. The van der Waals surface area contributed by atoms with Gasteiger partial charge in [0.1, 0.15) is 11.5 Å². The Morgan fingerprint density at radius 1 is 1.29 bits per heavy atom. The first-order valence-electron chi connectivity index (χ1n) is 4.55. The fourth-order valence-corrected chi connectivity index (χ4v) is 1.73. The smallest absolute Gasteiger partial charge is 0.398 e. The van der Waals surface area contributed by atoms with Crippen LogP contribution in [-0.4, -0.2) is 9.97 Å². The summed E-state index contributed by atoms with van der Waals surface area (Å²) in [7, 11) is 0. The largest absolute Gasteiger partial charge is 0.432 e. The van der Waals surface area contributed by atoms with E-state index in [0.717, 1.165) is 10.7 Å². The lowest BCUT2D eigenvalue weighted by atomic mass is 10.2. The molecule has 0 aliphatic heterocycles. The van der Waals surface area contributed by atoms with Crippen LogP contribution < -0.4 is 5.73 Å². The van der Waals surface area contributed by atoms with Gasteiger partial charge in [0.2, 0.25) is 0 Å². The summed E-state index contributed by atoms with van der Waals surface area (Å²) in [6.07, 6.45) is -3.69. The van der Waals surface area contributed by atoms with E-state index in [-0.39, 0.29) is 5.82 Å². The Hall–Kier alpha value is -1.50. The predicted octanol–water partition coefficient (Wildman–Crippen LogP) is 3.44. The van der Waals surface area contributed by atoms with Crippen LogP contribution in [0.4, 0.5) is 18.9 Å². The standard InChI is InChI=1S/C10H7BrF3N3/c11-5-1-2-6(7(15)3-5)9-16-4-8(17-9)10(12,13)14/h1-4H,15H2,(H,16,17). The molecule has 90 valence electrons. The van der Waals surface area contributed by atoms with Crippen LogP contribution in [0, 0.1) is 0 Å². The van der Waals surface area contributed by atoms with Gasteiger partial charge in [0.05, 0.1) is 6.20 Å². The third kappa shape index (κ3) is 2.44. The number of nitrogens with two attached hydrogens (primary N) is 1. The van der Waals surface area contributed by atoms with Gasteiger partial charge in [-0.2, -0.15) is 13.2 Å². The summed E-state index contributed by atoms with van der Waals surface area (Å²) >= 11 is 3.22. The number of halogens is 4. The molecular formula is C10H7BrF3N3. The number of nitrogen functional groups attached to an aromatic ring is 1. The minimum atomic E-state index is -4.44. The molecule has 1 aromatic carbocycles. The van der Waals surface area contributed by atoms with Crippen LogP contribution in [0.1, 0.15) is 5.69 Å². The van der Waals surface area contributed by atoms with E-state index in [9.17, 15) is 13.2 Å². The number of imidazole rings is 1. The lowest BCUT2D eigenvalue weighted by Gasteiger charge is -2.04. The highest BCUT2D eigenvalue weighted by Crippen LogP contribution is 2.31. The number of anilines is 1. The molecule has 0 aliphatic carbocycles. The van der Waals surface area contributed by atoms with Crippen LogP contribution in [-0.2, 0) is 6.18 Å². The number of hydrogen-bond acceptors (Lipinski definition) is 2. The van der Waals surface area contributed by atoms with Gasteiger partial charge in [-0.1, -0.05) is 15.9 Å². The lowest BCUT2D eigenvalue weighted by molar-refractivity contribution is -0.140. The van der Waals surface area contributed by atoms with Gasteiger partial charge in [-0.15, -0.1) is 0 Å². The second kappa shape index (κ2) is 4.06. The summed E-state index contributed by atoms with van der Waals surface area (Å²) in [6.45, 7) is 0. The maximum Gasteiger partial charge on any atom is 0.432 e. The highest BCUT2D eigenvalue weighted by Gasteiger charge is 2.33. The molecule has 0 spiro atoms. The van der Waals surface area contributed by atoms with E-state index < -0.39 is 11.9 Å². The molecule has 3 N–H and O–H groups in total. The quantitative estimate of drug-likeness (QED) is 0.793. The summed E-state index contributed by atoms with van der Waals surface area (Å²) in [6, 6.07) is 4.88. The Balaban J connectivity index is 2.44. The first-order valence-corrected chi connectivity index (χ1v) is 5.35. The number of alkyl halides is 3. The summed E-state index contributed by atoms with van der Waals surface area (Å²) in [5.74, 6) is 0.0994. The number of hydrogen-bond donors (Lipinski definition) is 2. The molecule has 2 rings (SSSR count). The number of aromatic amines is 1. The van der Waals surface area contributed by atoms with Crippen molar-refractivity contribution in [3.05, 3.63) is 34.6 Å². The van der Waals surface area contributed by atoms with Crippen LogP contribution >= 0.6 is 15.9 Å². The third-order valence-corrected chi connectivity index (χ3v) is 2.64. The number of rotatable bonds is 1. The molecule has 1 aromatic heterocycles. The summed E-state index contributed by atoms with van der Waals surface area (Å²) in [4.78, 5) is 5.87. The van der Waals surface area contributed by atoms with Gasteiger partial charge >= 0.3 is 6.18 Å². The predicted molar refractivity (Wildman–Crippen MR) is 61.1 cm³/mol. The van der Waals surface area contributed by atoms with Gasteiger partial charge in [0.15, 0.2) is 0 Å². The van der Waals surface area contributed by atoms with Crippen LogP contribution in [0.5, 0.6) is 0 Å². The van der Waals surface area contributed by atoms with Crippen molar-refractivity contribution in [1.29, 1.82) is 0 Å². The van der Waals surface area contributed by atoms with Crippen molar-refractivity contribution in [3.8, 4) is 11.4 Å². The normalized spacial score (nSPS) is 11.8. The SMILES string of the molecule is Nc1cc(Br)ccc1-c1ncc(C(F)(F)F)[nH]1. The highest BCUT2D eigenvalue weighted by atomic mass is 79.9. The molecule has 7 heteroatoms. The molecule has 0 fully saturated rings. The second-order valence-corrected chi connectivity index (χ2v) is 4.29. The van der Waals surface area contributed by atoms with E-state index in [1.807, 2.05) is 0 Å².